The maximum absolute atomic E-state index is 10.9. The molecular formula is C13H9ClN4O2. The first kappa shape index (κ1) is 12.6. The molecule has 0 fully saturated rings. The number of nitrogens with zero attached hydrogens (tertiary/aromatic N) is 4. The Labute approximate surface area is 118 Å². The molecule has 2 aromatic heterocycles. The highest BCUT2D eigenvalue weighted by molar-refractivity contribution is 6.34. The maximum atomic E-state index is 10.9. The normalized spacial score (nSPS) is 10.9. The number of fused-ring (bicyclic) bond motifs is 1. The van der Waals surface area contributed by atoms with Gasteiger partial charge in [-0.15, -0.1) is 0 Å². The Bertz CT molecular complexity index is 828. The standard InChI is InChI=1S/C13H9ClN4O2/c1-8-6-17(13-11(8)12(14)15-7-16-13)9-3-2-4-10(5-9)18(19)20/h2-7H,1H3. The molecular weight excluding hydrogens is 280 g/mol. The second kappa shape index (κ2) is 4.57. The zero-order valence-electron chi connectivity index (χ0n) is 10.4. The van der Waals surface area contributed by atoms with Crippen LogP contribution >= 0.6 is 11.6 Å². The van der Waals surface area contributed by atoms with E-state index in [1.807, 2.05) is 13.1 Å². The summed E-state index contributed by atoms with van der Waals surface area (Å²) in [5.74, 6) is 0. The summed E-state index contributed by atoms with van der Waals surface area (Å²) < 4.78 is 1.77. The number of aromatic nitrogens is 3. The van der Waals surface area contributed by atoms with Crippen LogP contribution in [0.2, 0.25) is 5.15 Å². The van der Waals surface area contributed by atoms with E-state index < -0.39 is 4.92 Å². The molecule has 6 nitrogen and oxygen atoms in total. The van der Waals surface area contributed by atoms with Crippen LogP contribution in [-0.4, -0.2) is 19.5 Å². The van der Waals surface area contributed by atoms with Gasteiger partial charge in [0.05, 0.1) is 16.0 Å². The van der Waals surface area contributed by atoms with Crippen LogP contribution in [0.1, 0.15) is 5.56 Å². The third kappa shape index (κ3) is 1.90. The predicted molar refractivity (Wildman–Crippen MR) is 75.3 cm³/mol. The van der Waals surface area contributed by atoms with Crippen molar-refractivity contribution < 1.29 is 4.92 Å². The Morgan fingerprint density at radius 2 is 2.15 bits per heavy atom. The molecule has 3 rings (SSSR count). The molecule has 0 aliphatic carbocycles. The number of benzene rings is 1. The van der Waals surface area contributed by atoms with Gasteiger partial charge in [-0.2, -0.15) is 0 Å². The van der Waals surface area contributed by atoms with E-state index in [9.17, 15) is 10.1 Å². The van der Waals surface area contributed by atoms with Gasteiger partial charge in [0.1, 0.15) is 17.1 Å². The molecule has 2 heterocycles. The Morgan fingerprint density at radius 1 is 1.35 bits per heavy atom. The van der Waals surface area contributed by atoms with Crippen LogP contribution in [0.5, 0.6) is 0 Å². The Balaban J connectivity index is 2.28. The number of nitro groups is 1. The summed E-state index contributed by atoms with van der Waals surface area (Å²) in [7, 11) is 0. The van der Waals surface area contributed by atoms with Gasteiger partial charge in [0.15, 0.2) is 0 Å². The second-order valence-electron chi connectivity index (χ2n) is 4.32. The van der Waals surface area contributed by atoms with E-state index in [0.717, 1.165) is 10.9 Å². The summed E-state index contributed by atoms with van der Waals surface area (Å²) in [6.07, 6.45) is 3.21. The lowest BCUT2D eigenvalue weighted by molar-refractivity contribution is -0.384. The quantitative estimate of drug-likeness (QED) is 0.412. The number of non-ortho nitro benzene ring substituents is 1. The fourth-order valence-electron chi connectivity index (χ4n) is 2.15. The smallest absolute Gasteiger partial charge is 0.271 e. The number of hydrogen-bond donors (Lipinski definition) is 0. The molecule has 0 saturated carbocycles. The SMILES string of the molecule is Cc1cn(-c2cccc([N+](=O)[O-])c2)c2ncnc(Cl)c12. The zero-order chi connectivity index (χ0) is 14.3. The molecule has 0 atom stereocenters. The zero-order valence-corrected chi connectivity index (χ0v) is 11.2. The van der Waals surface area contributed by atoms with Gasteiger partial charge < -0.3 is 4.57 Å². The van der Waals surface area contributed by atoms with Gasteiger partial charge >= 0.3 is 0 Å². The molecule has 1 aromatic carbocycles. The van der Waals surface area contributed by atoms with Gasteiger partial charge in [-0.25, -0.2) is 9.97 Å². The molecule has 100 valence electrons. The minimum Gasteiger partial charge on any atom is -0.301 e. The summed E-state index contributed by atoms with van der Waals surface area (Å²) in [6, 6.07) is 6.36. The summed E-state index contributed by atoms with van der Waals surface area (Å²) in [5.41, 5.74) is 2.23. The molecule has 20 heavy (non-hydrogen) atoms. The van der Waals surface area contributed by atoms with Crippen molar-refractivity contribution in [2.75, 3.05) is 0 Å². The molecule has 3 aromatic rings. The highest BCUT2D eigenvalue weighted by Gasteiger charge is 2.14. The molecule has 0 saturated heterocycles. The maximum Gasteiger partial charge on any atom is 0.271 e. The van der Waals surface area contributed by atoms with Gasteiger partial charge in [-0.1, -0.05) is 17.7 Å². The first-order valence-electron chi connectivity index (χ1n) is 5.81. The molecule has 0 aliphatic rings. The number of aryl methyl sites for hydroxylation is 1. The third-order valence-electron chi connectivity index (χ3n) is 3.05. The monoisotopic (exact) mass is 288 g/mol. The van der Waals surface area contributed by atoms with Gasteiger partial charge in [0, 0.05) is 18.3 Å². The van der Waals surface area contributed by atoms with E-state index in [-0.39, 0.29) is 5.69 Å². The molecule has 0 spiro atoms. The van der Waals surface area contributed by atoms with E-state index in [4.69, 9.17) is 11.6 Å². The van der Waals surface area contributed by atoms with E-state index in [0.29, 0.717) is 16.5 Å². The topological polar surface area (TPSA) is 73.8 Å². The summed E-state index contributed by atoms with van der Waals surface area (Å²) in [6.45, 7) is 1.89. The number of halogens is 1. The summed E-state index contributed by atoms with van der Waals surface area (Å²) in [4.78, 5) is 18.6. The lowest BCUT2D eigenvalue weighted by Crippen LogP contribution is -1.96. The van der Waals surface area contributed by atoms with Crippen LogP contribution in [0, 0.1) is 17.0 Å². The number of hydrogen-bond acceptors (Lipinski definition) is 4. The van der Waals surface area contributed by atoms with Gasteiger partial charge in [-0.3, -0.25) is 10.1 Å². The van der Waals surface area contributed by atoms with Crippen LogP contribution in [0.25, 0.3) is 16.7 Å². The summed E-state index contributed by atoms with van der Waals surface area (Å²) >= 11 is 6.07. The Morgan fingerprint density at radius 3 is 2.90 bits per heavy atom. The minimum atomic E-state index is -0.427. The lowest BCUT2D eigenvalue weighted by atomic mass is 10.3. The highest BCUT2D eigenvalue weighted by Crippen LogP contribution is 2.28. The lowest BCUT2D eigenvalue weighted by Gasteiger charge is -2.04. The highest BCUT2D eigenvalue weighted by atomic mass is 35.5. The van der Waals surface area contributed by atoms with Crippen LogP contribution in [0.3, 0.4) is 0 Å². The molecule has 0 unspecified atom stereocenters. The van der Waals surface area contributed by atoms with Crippen LogP contribution < -0.4 is 0 Å². The van der Waals surface area contributed by atoms with Crippen molar-refractivity contribution >= 4 is 28.3 Å². The Kier molecular flexibility index (Phi) is 2.87. The Hall–Kier alpha value is -2.47. The van der Waals surface area contributed by atoms with Gasteiger partial charge in [0.25, 0.3) is 5.69 Å². The van der Waals surface area contributed by atoms with Crippen molar-refractivity contribution in [3.05, 3.63) is 57.6 Å². The molecule has 0 aliphatic heterocycles. The van der Waals surface area contributed by atoms with Crippen LogP contribution in [-0.2, 0) is 0 Å². The van der Waals surface area contributed by atoms with E-state index in [1.54, 1.807) is 16.7 Å². The first-order valence-corrected chi connectivity index (χ1v) is 6.18. The van der Waals surface area contributed by atoms with Crippen LogP contribution in [0.4, 0.5) is 5.69 Å². The van der Waals surface area contributed by atoms with Crippen molar-refractivity contribution in [3.63, 3.8) is 0 Å². The van der Waals surface area contributed by atoms with Crippen LogP contribution in [0.15, 0.2) is 36.8 Å². The largest absolute Gasteiger partial charge is 0.301 e. The third-order valence-corrected chi connectivity index (χ3v) is 3.33. The van der Waals surface area contributed by atoms with Gasteiger partial charge in [0.2, 0.25) is 0 Å². The fraction of sp³-hybridized carbons (Fsp3) is 0.0769. The minimum absolute atomic E-state index is 0.0298. The average molecular weight is 289 g/mol. The number of rotatable bonds is 2. The molecule has 0 amide bonds. The molecule has 0 radical (unpaired) electrons. The first-order chi connectivity index (χ1) is 9.58. The van der Waals surface area contributed by atoms with Crippen molar-refractivity contribution in [2.24, 2.45) is 0 Å². The average Bonchev–Trinajstić information content (AvgIpc) is 2.78. The van der Waals surface area contributed by atoms with Gasteiger partial charge in [-0.05, 0) is 18.6 Å². The fourth-order valence-corrected chi connectivity index (χ4v) is 2.43. The van der Waals surface area contributed by atoms with E-state index in [1.165, 1.54) is 18.5 Å². The van der Waals surface area contributed by atoms with E-state index in [2.05, 4.69) is 9.97 Å². The molecule has 0 bridgehead atoms. The summed E-state index contributed by atoms with van der Waals surface area (Å²) in [5, 5.41) is 12.0. The predicted octanol–water partition coefficient (Wildman–Crippen LogP) is 3.29. The van der Waals surface area contributed by atoms with Crippen molar-refractivity contribution in [3.8, 4) is 5.69 Å². The van der Waals surface area contributed by atoms with Crippen molar-refractivity contribution in [1.82, 2.24) is 14.5 Å². The van der Waals surface area contributed by atoms with E-state index >= 15 is 0 Å². The van der Waals surface area contributed by atoms with Crippen molar-refractivity contribution in [2.45, 2.75) is 6.92 Å². The molecule has 0 N–H and O–H groups in total. The van der Waals surface area contributed by atoms with Crippen molar-refractivity contribution in [1.29, 1.82) is 0 Å². The second-order valence-corrected chi connectivity index (χ2v) is 4.68. The molecule has 7 heteroatoms. The number of nitro benzene ring substituents is 1.